The Balaban J connectivity index is 0.909. The minimum atomic E-state index is -0.461. The molecule has 8 nitrogen and oxygen atoms in total. The molecule has 47 heavy (non-hydrogen) atoms. The topological polar surface area (TPSA) is 86.3 Å². The van der Waals surface area contributed by atoms with Gasteiger partial charge in [0.05, 0.1) is 18.8 Å². The highest BCUT2D eigenvalue weighted by atomic mass is 16.7. The fourth-order valence-electron chi connectivity index (χ4n) is 10.4. The van der Waals surface area contributed by atoms with Gasteiger partial charge in [-0.3, -0.25) is 4.90 Å². The molecule has 3 heterocycles. The van der Waals surface area contributed by atoms with E-state index in [0.717, 1.165) is 78.8 Å². The number of aliphatic hydroxyl groups is 1. The Morgan fingerprint density at radius 2 is 1.45 bits per heavy atom. The average Bonchev–Trinajstić information content (AvgIpc) is 3.75. The summed E-state index contributed by atoms with van der Waals surface area (Å²) in [6.45, 7) is 6.26. The first-order valence-corrected chi connectivity index (χ1v) is 18.6. The first-order valence-electron chi connectivity index (χ1n) is 18.6. The van der Waals surface area contributed by atoms with Gasteiger partial charge in [0.15, 0.2) is 6.29 Å². The third kappa shape index (κ3) is 7.28. The van der Waals surface area contributed by atoms with Gasteiger partial charge in [-0.25, -0.2) is 4.79 Å². The third-order valence-corrected chi connectivity index (χ3v) is 12.3. The third-order valence-electron chi connectivity index (χ3n) is 12.3. The van der Waals surface area contributed by atoms with Crippen molar-refractivity contribution in [3.05, 3.63) is 70.8 Å². The van der Waals surface area contributed by atoms with Crippen LogP contribution in [0.2, 0.25) is 0 Å². The van der Waals surface area contributed by atoms with E-state index in [-0.39, 0.29) is 30.4 Å². The Labute approximate surface area is 280 Å². The number of amides is 2. The summed E-state index contributed by atoms with van der Waals surface area (Å²) in [6, 6.07) is 17.1. The van der Waals surface area contributed by atoms with E-state index in [1.54, 1.807) is 0 Å². The van der Waals surface area contributed by atoms with Crippen LogP contribution < -0.4 is 10.6 Å². The highest BCUT2D eigenvalue weighted by Crippen LogP contribution is 2.55. The van der Waals surface area contributed by atoms with Crippen molar-refractivity contribution in [1.82, 2.24) is 20.4 Å². The molecule has 9 rings (SSSR count). The minimum Gasteiger partial charge on any atom is -0.392 e. The molecule has 4 aliphatic carbocycles. The molecule has 2 aromatic rings. The Hall–Kier alpha value is -2.49. The molecule has 254 valence electrons. The summed E-state index contributed by atoms with van der Waals surface area (Å²) < 4.78 is 13.4. The van der Waals surface area contributed by atoms with Crippen molar-refractivity contribution in [2.75, 3.05) is 32.7 Å². The smallest absolute Gasteiger partial charge is 0.315 e. The number of carbonyl (C=O) groups is 1. The molecule has 8 heteroatoms. The highest BCUT2D eigenvalue weighted by molar-refractivity contribution is 5.75. The molecule has 0 aromatic heterocycles. The standard InChI is InChI=1S/C39H54N4O4/c44-26-28-7-9-32(10-8-28)36-19-35(25-43-15-3-4-34(43)24-42-13-1-2-14-42)46-37(47-36)33-11-5-27(6-12-33)23-40-38(45)41-39-20-29-16-30(21-39)18-31(17-29)22-39/h5-12,29-31,34-37,44H,1-4,13-26H2,(H2,40,41,45)/t29?,30?,31?,34-,35-,36+,37+,39?/m0/s1. The van der Waals surface area contributed by atoms with Gasteiger partial charge in [0, 0.05) is 43.2 Å². The van der Waals surface area contributed by atoms with Crippen LogP contribution in [0.4, 0.5) is 4.79 Å². The quantitative estimate of drug-likeness (QED) is 0.293. The molecule has 4 atom stereocenters. The van der Waals surface area contributed by atoms with Crippen molar-refractivity contribution >= 4 is 6.03 Å². The van der Waals surface area contributed by atoms with Gasteiger partial charge in [-0.1, -0.05) is 48.5 Å². The predicted octanol–water partition coefficient (Wildman–Crippen LogP) is 6.05. The number of ether oxygens (including phenoxy) is 2. The van der Waals surface area contributed by atoms with Crippen LogP contribution in [0.25, 0.3) is 0 Å². The van der Waals surface area contributed by atoms with Crippen molar-refractivity contribution in [2.45, 2.75) is 114 Å². The summed E-state index contributed by atoms with van der Waals surface area (Å²) >= 11 is 0. The van der Waals surface area contributed by atoms with Gasteiger partial charge in [-0.2, -0.15) is 0 Å². The highest BCUT2D eigenvalue weighted by Gasteiger charge is 2.51. The van der Waals surface area contributed by atoms with Gasteiger partial charge in [0.1, 0.15) is 0 Å². The Bertz CT molecular complexity index is 1320. The zero-order valence-electron chi connectivity index (χ0n) is 28.0. The van der Waals surface area contributed by atoms with Crippen LogP contribution in [-0.4, -0.2) is 71.3 Å². The maximum Gasteiger partial charge on any atom is 0.315 e. The van der Waals surface area contributed by atoms with Gasteiger partial charge < -0.3 is 30.1 Å². The summed E-state index contributed by atoms with van der Waals surface area (Å²) in [7, 11) is 0. The van der Waals surface area contributed by atoms with E-state index in [0.29, 0.717) is 12.6 Å². The summed E-state index contributed by atoms with van der Waals surface area (Å²) in [5.74, 6) is 2.43. The second-order valence-electron chi connectivity index (χ2n) is 15.9. The molecule has 3 N–H and O–H groups in total. The van der Waals surface area contributed by atoms with Crippen molar-refractivity contribution in [3.63, 3.8) is 0 Å². The predicted molar refractivity (Wildman–Crippen MR) is 181 cm³/mol. The van der Waals surface area contributed by atoms with E-state index < -0.39 is 6.29 Å². The first kappa shape index (κ1) is 31.8. The Kier molecular flexibility index (Phi) is 9.32. The minimum absolute atomic E-state index is 0.0209. The van der Waals surface area contributed by atoms with Crippen LogP contribution in [-0.2, 0) is 22.6 Å². The van der Waals surface area contributed by atoms with Crippen LogP contribution >= 0.6 is 0 Å². The Morgan fingerprint density at radius 1 is 0.787 bits per heavy atom. The maximum absolute atomic E-state index is 13.0. The zero-order chi connectivity index (χ0) is 31.8. The number of rotatable bonds is 10. The molecular formula is C39H54N4O4. The number of benzene rings is 2. The normalized spacial score (nSPS) is 35.4. The SMILES string of the molecule is O=C(NCc1ccc([C@@H]2O[C@H](CN3CCC[C@H]3CN3CCCC3)C[C@H](c3ccc(CO)cc3)O2)cc1)NC12CC3CC(CC(C3)C1)C2. The lowest BCUT2D eigenvalue weighted by atomic mass is 9.53. The summed E-state index contributed by atoms with van der Waals surface area (Å²) in [6.07, 6.45) is 13.1. The molecule has 0 spiro atoms. The molecular weight excluding hydrogens is 588 g/mol. The molecule has 2 amide bonds. The lowest BCUT2D eigenvalue weighted by Crippen LogP contribution is -2.61. The van der Waals surface area contributed by atoms with Crippen molar-refractivity contribution in [1.29, 1.82) is 0 Å². The number of nitrogens with zero attached hydrogens (tertiary/aromatic N) is 2. The van der Waals surface area contributed by atoms with Crippen LogP contribution in [0.3, 0.4) is 0 Å². The first-order chi connectivity index (χ1) is 23.0. The van der Waals surface area contributed by atoms with Gasteiger partial charge in [-0.15, -0.1) is 0 Å². The van der Waals surface area contributed by atoms with E-state index in [4.69, 9.17) is 9.47 Å². The lowest BCUT2D eigenvalue weighted by Gasteiger charge is -2.56. The van der Waals surface area contributed by atoms with Crippen molar-refractivity contribution < 1.29 is 19.4 Å². The molecule has 7 fully saturated rings. The lowest BCUT2D eigenvalue weighted by molar-refractivity contribution is -0.253. The largest absolute Gasteiger partial charge is 0.392 e. The van der Waals surface area contributed by atoms with Crippen LogP contribution in [0.5, 0.6) is 0 Å². The van der Waals surface area contributed by atoms with Crippen molar-refractivity contribution in [2.24, 2.45) is 17.8 Å². The number of urea groups is 1. The molecule has 4 bridgehead atoms. The summed E-state index contributed by atoms with van der Waals surface area (Å²) in [5, 5.41) is 16.2. The number of aliphatic hydroxyl groups excluding tert-OH is 1. The maximum atomic E-state index is 13.0. The van der Waals surface area contributed by atoms with Crippen LogP contribution in [0.15, 0.2) is 48.5 Å². The Morgan fingerprint density at radius 3 is 2.13 bits per heavy atom. The molecule has 7 aliphatic rings. The zero-order valence-corrected chi connectivity index (χ0v) is 28.0. The number of carbonyl (C=O) groups excluding carboxylic acids is 1. The van der Waals surface area contributed by atoms with Gasteiger partial charge in [-0.05, 0) is 118 Å². The van der Waals surface area contributed by atoms with E-state index >= 15 is 0 Å². The van der Waals surface area contributed by atoms with Crippen molar-refractivity contribution in [3.8, 4) is 0 Å². The molecule has 0 radical (unpaired) electrons. The molecule has 3 aliphatic heterocycles. The average molecular weight is 643 g/mol. The molecule has 2 aromatic carbocycles. The molecule has 0 unspecified atom stereocenters. The number of nitrogens with one attached hydrogen (secondary N) is 2. The number of hydrogen-bond acceptors (Lipinski definition) is 6. The summed E-state index contributed by atoms with van der Waals surface area (Å²) in [5.41, 5.74) is 4.13. The van der Waals surface area contributed by atoms with Gasteiger partial charge in [0.25, 0.3) is 0 Å². The van der Waals surface area contributed by atoms with Crippen LogP contribution in [0.1, 0.15) is 105 Å². The van der Waals surface area contributed by atoms with Gasteiger partial charge >= 0.3 is 6.03 Å². The fraction of sp³-hybridized carbons (Fsp3) is 0.667. The molecule has 3 saturated heterocycles. The monoisotopic (exact) mass is 642 g/mol. The van der Waals surface area contributed by atoms with Crippen LogP contribution in [0, 0.1) is 17.8 Å². The van der Waals surface area contributed by atoms with E-state index in [1.807, 2.05) is 12.1 Å². The second-order valence-corrected chi connectivity index (χ2v) is 15.9. The van der Waals surface area contributed by atoms with E-state index in [9.17, 15) is 9.90 Å². The van der Waals surface area contributed by atoms with E-state index in [2.05, 4.69) is 56.8 Å². The van der Waals surface area contributed by atoms with Gasteiger partial charge in [0.2, 0.25) is 0 Å². The molecule has 4 saturated carbocycles. The number of likely N-dealkylation sites (tertiary alicyclic amines) is 2. The van der Waals surface area contributed by atoms with E-state index in [1.165, 1.54) is 64.6 Å². The fourth-order valence-corrected chi connectivity index (χ4v) is 10.4. The second kappa shape index (κ2) is 13.8. The number of hydrogen-bond donors (Lipinski definition) is 3. The summed E-state index contributed by atoms with van der Waals surface area (Å²) in [4.78, 5) is 18.4.